The highest BCUT2D eigenvalue weighted by Gasteiger charge is 2.30. The number of rotatable bonds is 3. The number of aromatic nitrogens is 4. The molecule has 4 rings (SSSR count). The van der Waals surface area contributed by atoms with E-state index >= 15 is 0 Å². The van der Waals surface area contributed by atoms with E-state index in [1.54, 1.807) is 6.33 Å². The highest BCUT2D eigenvalue weighted by molar-refractivity contribution is 6.00. The van der Waals surface area contributed by atoms with Crippen molar-refractivity contribution in [2.45, 2.75) is 18.9 Å². The van der Waals surface area contributed by atoms with Crippen molar-refractivity contribution in [2.24, 2.45) is 0 Å². The molecule has 1 saturated heterocycles. The van der Waals surface area contributed by atoms with Crippen molar-refractivity contribution in [1.82, 2.24) is 19.9 Å². The summed E-state index contributed by atoms with van der Waals surface area (Å²) in [4.78, 5) is 30.1. The number of hydrogen-bond acceptors (Lipinski definition) is 5. The third-order valence-electron chi connectivity index (χ3n) is 4.04. The first kappa shape index (κ1) is 13.7. The maximum Gasteiger partial charge on any atom is 0.249 e. The SMILES string of the molecule is O=C1[C@H](Nc2ncnc3nc[nH]c23)CCCN1c1ccccc1. The first-order valence-electron chi connectivity index (χ1n) is 7.60. The van der Waals surface area contributed by atoms with Crippen LogP contribution in [0.4, 0.5) is 11.5 Å². The zero-order valence-corrected chi connectivity index (χ0v) is 12.4. The number of imidazole rings is 1. The van der Waals surface area contributed by atoms with Crippen molar-refractivity contribution < 1.29 is 4.79 Å². The molecule has 1 aliphatic heterocycles. The number of para-hydroxylation sites is 1. The van der Waals surface area contributed by atoms with Crippen LogP contribution in [-0.2, 0) is 4.79 Å². The molecule has 2 aromatic heterocycles. The van der Waals surface area contributed by atoms with Crippen LogP contribution in [0, 0.1) is 0 Å². The molecule has 1 fully saturated rings. The molecule has 1 atom stereocenters. The van der Waals surface area contributed by atoms with E-state index in [2.05, 4.69) is 25.3 Å². The summed E-state index contributed by atoms with van der Waals surface area (Å²) in [7, 11) is 0. The van der Waals surface area contributed by atoms with Gasteiger partial charge in [0.15, 0.2) is 11.5 Å². The van der Waals surface area contributed by atoms with Crippen molar-refractivity contribution in [1.29, 1.82) is 0 Å². The number of aromatic amines is 1. The van der Waals surface area contributed by atoms with E-state index in [1.165, 1.54) is 6.33 Å². The molecule has 3 aromatic rings. The Labute approximate surface area is 132 Å². The molecule has 0 unspecified atom stereocenters. The fraction of sp³-hybridized carbons (Fsp3) is 0.250. The van der Waals surface area contributed by atoms with Crippen LogP contribution in [-0.4, -0.2) is 38.4 Å². The third kappa shape index (κ3) is 2.50. The van der Waals surface area contributed by atoms with Crippen LogP contribution in [0.1, 0.15) is 12.8 Å². The summed E-state index contributed by atoms with van der Waals surface area (Å²) in [6.07, 6.45) is 4.74. The van der Waals surface area contributed by atoms with Crippen molar-refractivity contribution in [2.75, 3.05) is 16.8 Å². The van der Waals surface area contributed by atoms with Crippen LogP contribution >= 0.6 is 0 Å². The number of H-pyrrole nitrogens is 1. The van der Waals surface area contributed by atoms with Crippen LogP contribution < -0.4 is 10.2 Å². The van der Waals surface area contributed by atoms with Gasteiger partial charge in [-0.1, -0.05) is 18.2 Å². The molecule has 0 bridgehead atoms. The van der Waals surface area contributed by atoms with Gasteiger partial charge in [-0.15, -0.1) is 0 Å². The van der Waals surface area contributed by atoms with E-state index < -0.39 is 0 Å². The Bertz CT molecular complexity index is 831. The summed E-state index contributed by atoms with van der Waals surface area (Å²) in [5.74, 6) is 0.675. The second kappa shape index (κ2) is 5.68. The Morgan fingerprint density at radius 1 is 1.17 bits per heavy atom. The summed E-state index contributed by atoms with van der Waals surface area (Å²) >= 11 is 0. The molecule has 116 valence electrons. The van der Waals surface area contributed by atoms with Crippen LogP contribution in [0.15, 0.2) is 43.0 Å². The Hall–Kier alpha value is -2.96. The lowest BCUT2D eigenvalue weighted by molar-refractivity contribution is -0.120. The van der Waals surface area contributed by atoms with E-state index in [4.69, 9.17) is 0 Å². The van der Waals surface area contributed by atoms with Crippen LogP contribution in [0.25, 0.3) is 11.2 Å². The third-order valence-corrected chi connectivity index (χ3v) is 4.04. The van der Waals surface area contributed by atoms with E-state index in [-0.39, 0.29) is 11.9 Å². The lowest BCUT2D eigenvalue weighted by Gasteiger charge is -2.32. The molecular formula is C16H16N6O. The average molecular weight is 308 g/mol. The van der Waals surface area contributed by atoms with Gasteiger partial charge < -0.3 is 15.2 Å². The quantitative estimate of drug-likeness (QED) is 0.772. The van der Waals surface area contributed by atoms with Gasteiger partial charge in [-0.05, 0) is 25.0 Å². The average Bonchev–Trinajstić information content (AvgIpc) is 3.07. The number of carbonyl (C=O) groups excluding carboxylic acids is 1. The Kier molecular flexibility index (Phi) is 3.38. The molecule has 0 radical (unpaired) electrons. The fourth-order valence-electron chi connectivity index (χ4n) is 2.91. The van der Waals surface area contributed by atoms with E-state index in [1.807, 2.05) is 35.2 Å². The minimum atomic E-state index is -0.301. The zero-order valence-electron chi connectivity index (χ0n) is 12.4. The number of nitrogens with one attached hydrogen (secondary N) is 2. The maximum absolute atomic E-state index is 12.8. The summed E-state index contributed by atoms with van der Waals surface area (Å²) in [6, 6.07) is 9.45. The normalized spacial score (nSPS) is 18.3. The highest BCUT2D eigenvalue weighted by atomic mass is 16.2. The highest BCUT2D eigenvalue weighted by Crippen LogP contribution is 2.24. The molecule has 23 heavy (non-hydrogen) atoms. The van der Waals surface area contributed by atoms with Gasteiger partial charge in [-0.25, -0.2) is 15.0 Å². The number of nitrogens with zero attached hydrogens (tertiary/aromatic N) is 4. The lowest BCUT2D eigenvalue weighted by atomic mass is 10.0. The smallest absolute Gasteiger partial charge is 0.249 e. The topological polar surface area (TPSA) is 86.8 Å². The van der Waals surface area contributed by atoms with Gasteiger partial charge in [0, 0.05) is 12.2 Å². The van der Waals surface area contributed by atoms with Gasteiger partial charge >= 0.3 is 0 Å². The van der Waals surface area contributed by atoms with Gasteiger partial charge in [-0.3, -0.25) is 4.79 Å². The fourth-order valence-corrected chi connectivity index (χ4v) is 2.91. The Morgan fingerprint density at radius 3 is 2.91 bits per heavy atom. The van der Waals surface area contributed by atoms with Gasteiger partial charge in [0.2, 0.25) is 5.91 Å². The summed E-state index contributed by atoms with van der Waals surface area (Å²) in [5, 5.41) is 3.25. The molecule has 7 nitrogen and oxygen atoms in total. The molecule has 1 aliphatic rings. The predicted octanol–water partition coefficient (Wildman–Crippen LogP) is 1.96. The Balaban J connectivity index is 1.59. The minimum absolute atomic E-state index is 0.0636. The lowest BCUT2D eigenvalue weighted by Crippen LogP contribution is -2.47. The first-order chi connectivity index (χ1) is 11.3. The number of fused-ring (bicyclic) bond motifs is 1. The van der Waals surface area contributed by atoms with Crippen molar-refractivity contribution in [3.63, 3.8) is 0 Å². The van der Waals surface area contributed by atoms with Crippen LogP contribution in [0.2, 0.25) is 0 Å². The molecule has 1 aromatic carbocycles. The number of hydrogen-bond donors (Lipinski definition) is 2. The summed E-state index contributed by atoms with van der Waals surface area (Å²) in [5.41, 5.74) is 2.24. The van der Waals surface area contributed by atoms with E-state index in [9.17, 15) is 4.79 Å². The molecule has 7 heteroatoms. The van der Waals surface area contributed by atoms with Gasteiger partial charge in [0.05, 0.1) is 6.33 Å². The monoisotopic (exact) mass is 308 g/mol. The minimum Gasteiger partial charge on any atom is -0.356 e. The standard InChI is InChI=1S/C16H16N6O/c23-16-12(7-4-8-22(16)11-5-2-1-3-6-11)21-15-13-14(18-9-17-13)19-10-20-15/h1-3,5-6,9-10,12H,4,7-8H2,(H2,17,18,19,20,21)/t12-/m1/s1. The number of anilines is 2. The molecular weight excluding hydrogens is 292 g/mol. The van der Waals surface area contributed by atoms with Crippen molar-refractivity contribution in [3.8, 4) is 0 Å². The molecule has 2 N–H and O–H groups in total. The van der Waals surface area contributed by atoms with Crippen LogP contribution in [0.3, 0.4) is 0 Å². The second-order valence-electron chi connectivity index (χ2n) is 5.49. The summed E-state index contributed by atoms with van der Waals surface area (Å²) in [6.45, 7) is 0.740. The zero-order chi connectivity index (χ0) is 15.6. The van der Waals surface area contributed by atoms with Crippen LogP contribution in [0.5, 0.6) is 0 Å². The number of amides is 1. The van der Waals surface area contributed by atoms with Gasteiger partial charge in [0.25, 0.3) is 0 Å². The second-order valence-corrected chi connectivity index (χ2v) is 5.49. The van der Waals surface area contributed by atoms with E-state index in [0.29, 0.717) is 11.5 Å². The first-order valence-corrected chi connectivity index (χ1v) is 7.60. The molecule has 0 saturated carbocycles. The summed E-state index contributed by atoms with van der Waals surface area (Å²) < 4.78 is 0. The predicted molar refractivity (Wildman–Crippen MR) is 87.1 cm³/mol. The maximum atomic E-state index is 12.8. The van der Waals surface area contributed by atoms with Gasteiger partial charge in [0.1, 0.15) is 17.9 Å². The van der Waals surface area contributed by atoms with E-state index in [0.717, 1.165) is 30.6 Å². The molecule has 3 heterocycles. The Morgan fingerprint density at radius 2 is 2.04 bits per heavy atom. The van der Waals surface area contributed by atoms with Crippen molar-refractivity contribution >= 4 is 28.6 Å². The molecule has 0 spiro atoms. The van der Waals surface area contributed by atoms with Gasteiger partial charge in [-0.2, -0.15) is 0 Å². The molecule has 1 amide bonds. The molecule has 0 aliphatic carbocycles. The van der Waals surface area contributed by atoms with Crippen molar-refractivity contribution in [3.05, 3.63) is 43.0 Å². The number of piperidine rings is 1. The number of benzene rings is 1. The largest absolute Gasteiger partial charge is 0.356 e. The number of carbonyl (C=O) groups is 1.